The Hall–Kier alpha value is -3.04. The van der Waals surface area contributed by atoms with Crippen LogP contribution in [0.1, 0.15) is 19.8 Å². The van der Waals surface area contributed by atoms with E-state index in [0.717, 1.165) is 48.6 Å². The minimum Gasteiger partial charge on any atom is -0.378 e. The summed E-state index contributed by atoms with van der Waals surface area (Å²) in [6.45, 7) is 5.72. The largest absolute Gasteiger partial charge is 0.378 e. The number of nitrogens with one attached hydrogen (secondary N) is 1. The van der Waals surface area contributed by atoms with Crippen LogP contribution in [0.5, 0.6) is 0 Å². The van der Waals surface area contributed by atoms with E-state index in [1.807, 2.05) is 19.1 Å². The van der Waals surface area contributed by atoms with Gasteiger partial charge >= 0.3 is 0 Å². The van der Waals surface area contributed by atoms with Crippen molar-refractivity contribution < 1.29 is 19.7 Å². The van der Waals surface area contributed by atoms with E-state index in [4.69, 9.17) is 9.47 Å². The van der Waals surface area contributed by atoms with Crippen molar-refractivity contribution in [2.45, 2.75) is 25.9 Å². The van der Waals surface area contributed by atoms with Gasteiger partial charge in [-0.3, -0.25) is 0 Å². The van der Waals surface area contributed by atoms with Crippen LogP contribution in [0.4, 0.5) is 26.1 Å². The van der Waals surface area contributed by atoms with Crippen molar-refractivity contribution in [1.29, 1.82) is 0 Å². The van der Waals surface area contributed by atoms with E-state index >= 15 is 0 Å². The van der Waals surface area contributed by atoms with Gasteiger partial charge in [0.15, 0.2) is 0 Å². The first-order chi connectivity index (χ1) is 16.0. The first-order valence-corrected chi connectivity index (χ1v) is 11.2. The Kier molecular flexibility index (Phi) is 6.24. The molecule has 1 atom stereocenters. The molecule has 0 radical (unpaired) electrons. The summed E-state index contributed by atoms with van der Waals surface area (Å²) in [6.07, 6.45) is 4.03. The minimum absolute atomic E-state index is 0. The lowest BCUT2D eigenvalue weighted by Gasteiger charge is -2.34. The first-order valence-electron chi connectivity index (χ1n) is 11.2. The summed E-state index contributed by atoms with van der Waals surface area (Å²) in [5, 5.41) is 7.50. The molecule has 5 rings (SSSR count). The zero-order valence-corrected chi connectivity index (χ0v) is 18.5. The van der Waals surface area contributed by atoms with Crippen molar-refractivity contribution in [1.82, 2.24) is 14.8 Å². The molecule has 1 N–H and O–H groups in total. The predicted octanol–water partition coefficient (Wildman–Crippen LogP) is 4.48. The van der Waals surface area contributed by atoms with Gasteiger partial charge in [-0.25, -0.2) is 13.5 Å². The van der Waals surface area contributed by atoms with Crippen molar-refractivity contribution >= 4 is 17.3 Å². The quantitative estimate of drug-likeness (QED) is 0.538. The van der Waals surface area contributed by atoms with Crippen molar-refractivity contribution in [2.24, 2.45) is 5.92 Å². The van der Waals surface area contributed by atoms with Gasteiger partial charge in [-0.2, -0.15) is 4.98 Å². The molecule has 2 aliphatic rings. The average Bonchev–Trinajstić information content (AvgIpc) is 3.48. The molecule has 33 heavy (non-hydrogen) atoms. The number of rotatable bonds is 8. The molecular weight excluding hydrogens is 428 g/mol. The highest BCUT2D eigenvalue weighted by atomic mass is 19.1. The summed E-state index contributed by atoms with van der Waals surface area (Å²) in [7, 11) is 0. The van der Waals surface area contributed by atoms with Gasteiger partial charge in [-0.15, -0.1) is 5.10 Å². The van der Waals surface area contributed by atoms with Crippen molar-refractivity contribution in [3.63, 3.8) is 0 Å². The molecule has 2 fully saturated rings. The number of anilines is 3. The van der Waals surface area contributed by atoms with Gasteiger partial charge < -0.3 is 19.7 Å². The Morgan fingerprint density at radius 3 is 2.70 bits per heavy atom. The fourth-order valence-electron chi connectivity index (χ4n) is 3.97. The molecule has 3 aromatic rings. The van der Waals surface area contributed by atoms with Gasteiger partial charge in [0.05, 0.1) is 25.0 Å². The summed E-state index contributed by atoms with van der Waals surface area (Å²) in [6, 6.07) is 9.42. The van der Waals surface area contributed by atoms with E-state index in [1.54, 1.807) is 0 Å². The molecule has 1 saturated heterocycles. The Balaban J connectivity index is 0.00000274. The molecule has 0 spiro atoms. The molecule has 2 aromatic carbocycles. The van der Waals surface area contributed by atoms with Crippen LogP contribution in [0.25, 0.3) is 5.69 Å². The lowest BCUT2D eigenvalue weighted by molar-refractivity contribution is -0.0257. The number of halogens is 2. The second kappa shape index (κ2) is 9.44. The van der Waals surface area contributed by atoms with Crippen molar-refractivity contribution in [3.8, 4) is 5.69 Å². The molecule has 1 aliphatic carbocycles. The molecule has 1 unspecified atom stereocenters. The van der Waals surface area contributed by atoms with Crippen LogP contribution in [0.15, 0.2) is 42.7 Å². The smallest absolute Gasteiger partial charge is 0.246 e. The molecule has 1 aromatic heterocycles. The summed E-state index contributed by atoms with van der Waals surface area (Å²) in [5.41, 5.74) is 3.27. The Labute approximate surface area is 192 Å². The minimum atomic E-state index is -0.667. The molecule has 0 bridgehead atoms. The van der Waals surface area contributed by atoms with E-state index < -0.39 is 11.6 Å². The SMILES string of the molecule is Cc1cc(Nc2ncn(-c3cc(F)cc(F)c3)n2)cc(N2CCOC(COCC3CC3)C2)c1.[HH]. The number of ether oxygens (including phenoxy) is 2. The standard InChI is InChI=1S/C24H27F2N5O2.H2/c1-16-6-20(28-24-27-15-31(29-24)22-9-18(25)8-19(26)10-22)11-21(7-16)30-4-5-33-23(12-30)14-32-13-17-2-3-17;/h6-11,15,17,23H,2-5,12-14H2,1H3,(H,28,29);1H. The molecule has 1 saturated carbocycles. The van der Waals surface area contributed by atoms with E-state index in [9.17, 15) is 8.78 Å². The highest BCUT2D eigenvalue weighted by Gasteiger charge is 2.24. The van der Waals surface area contributed by atoms with E-state index in [2.05, 4.69) is 26.4 Å². The second-order valence-electron chi connectivity index (χ2n) is 8.74. The molecular formula is C24H29F2N5O2. The Morgan fingerprint density at radius 1 is 1.09 bits per heavy atom. The average molecular weight is 458 g/mol. The van der Waals surface area contributed by atoms with Gasteiger partial charge in [0, 0.05) is 38.6 Å². The zero-order chi connectivity index (χ0) is 22.8. The van der Waals surface area contributed by atoms with Crippen LogP contribution in [-0.4, -0.2) is 53.8 Å². The maximum absolute atomic E-state index is 13.5. The molecule has 2 heterocycles. The molecule has 7 nitrogen and oxygen atoms in total. The second-order valence-corrected chi connectivity index (χ2v) is 8.74. The Morgan fingerprint density at radius 2 is 1.91 bits per heavy atom. The van der Waals surface area contributed by atoms with Crippen LogP contribution >= 0.6 is 0 Å². The fraction of sp³-hybridized carbons (Fsp3) is 0.417. The fourth-order valence-corrected chi connectivity index (χ4v) is 3.97. The summed E-state index contributed by atoms with van der Waals surface area (Å²) >= 11 is 0. The Bertz CT molecular complexity index is 1100. The van der Waals surface area contributed by atoms with Crippen LogP contribution in [0, 0.1) is 24.5 Å². The number of aromatic nitrogens is 3. The van der Waals surface area contributed by atoms with Gasteiger partial charge in [-0.05, 0) is 61.6 Å². The van der Waals surface area contributed by atoms with Crippen LogP contribution in [0.2, 0.25) is 0 Å². The van der Waals surface area contributed by atoms with E-state index in [0.29, 0.717) is 19.2 Å². The van der Waals surface area contributed by atoms with Gasteiger partial charge in [0.1, 0.15) is 18.0 Å². The van der Waals surface area contributed by atoms with Crippen LogP contribution in [0.3, 0.4) is 0 Å². The van der Waals surface area contributed by atoms with Crippen molar-refractivity contribution in [2.75, 3.05) is 43.1 Å². The molecule has 176 valence electrons. The third kappa shape index (κ3) is 5.66. The van der Waals surface area contributed by atoms with Gasteiger partial charge in [0.25, 0.3) is 0 Å². The first kappa shape index (κ1) is 21.8. The number of morpholine rings is 1. The normalized spacial score (nSPS) is 18.5. The van der Waals surface area contributed by atoms with E-state index in [1.165, 1.54) is 36.0 Å². The van der Waals surface area contributed by atoms with Crippen LogP contribution in [-0.2, 0) is 9.47 Å². The summed E-state index contributed by atoms with van der Waals surface area (Å²) in [5.74, 6) is -0.253. The monoisotopic (exact) mass is 457 g/mol. The zero-order valence-electron chi connectivity index (χ0n) is 18.5. The lowest BCUT2D eigenvalue weighted by atomic mass is 10.1. The summed E-state index contributed by atoms with van der Waals surface area (Å²) in [4.78, 5) is 6.53. The molecule has 0 amide bonds. The van der Waals surface area contributed by atoms with Crippen molar-refractivity contribution in [3.05, 3.63) is 59.9 Å². The number of hydrogen-bond acceptors (Lipinski definition) is 6. The number of hydrogen-bond donors (Lipinski definition) is 1. The highest BCUT2D eigenvalue weighted by Crippen LogP contribution is 2.29. The molecule has 9 heteroatoms. The predicted molar refractivity (Wildman–Crippen MR) is 123 cm³/mol. The number of nitrogens with zero attached hydrogens (tertiary/aromatic N) is 4. The number of benzene rings is 2. The maximum atomic E-state index is 13.5. The van der Waals surface area contributed by atoms with Crippen LogP contribution < -0.4 is 10.2 Å². The van der Waals surface area contributed by atoms with Gasteiger partial charge in [-0.1, -0.05) is 0 Å². The summed E-state index contributed by atoms with van der Waals surface area (Å²) < 4.78 is 40.1. The third-order valence-corrected chi connectivity index (χ3v) is 5.78. The lowest BCUT2D eigenvalue weighted by Crippen LogP contribution is -2.44. The maximum Gasteiger partial charge on any atom is 0.246 e. The van der Waals surface area contributed by atoms with Gasteiger partial charge in [0.2, 0.25) is 5.95 Å². The highest BCUT2D eigenvalue weighted by molar-refractivity contribution is 5.64. The number of aryl methyl sites for hydroxylation is 1. The molecule has 1 aliphatic heterocycles. The topological polar surface area (TPSA) is 64.4 Å². The third-order valence-electron chi connectivity index (χ3n) is 5.78. The van der Waals surface area contributed by atoms with E-state index in [-0.39, 0.29) is 13.2 Å².